The molecule has 1 saturated heterocycles. The fraction of sp³-hybridized carbons (Fsp3) is 0.0588. The summed E-state index contributed by atoms with van der Waals surface area (Å²) in [4.78, 5) is 17.0. The number of hydrogen-bond acceptors (Lipinski definition) is 3. The maximum Gasteiger partial charge on any atom is 0.264 e. The van der Waals surface area contributed by atoms with Crippen molar-refractivity contribution in [1.29, 1.82) is 0 Å². The predicted octanol–water partition coefficient (Wildman–Crippen LogP) is 5.19. The molecule has 3 rings (SSSR count). The summed E-state index contributed by atoms with van der Waals surface area (Å²) < 4.78 is 0. The minimum atomic E-state index is -0.167. The van der Waals surface area contributed by atoms with E-state index in [0.29, 0.717) is 25.8 Å². The number of nitrogens with zero attached hydrogens (tertiary/aromatic N) is 1. The molecule has 0 saturated carbocycles. The second kappa shape index (κ2) is 6.79. The second-order valence-corrected chi connectivity index (χ2v) is 6.86. The smallest absolute Gasteiger partial charge is 0.264 e. The van der Waals surface area contributed by atoms with Gasteiger partial charge in [0.25, 0.3) is 5.91 Å². The van der Waals surface area contributed by atoms with E-state index in [1.165, 1.54) is 17.3 Å². The standard InChI is InChI=1S/C17H12Cl2N2OS/c1-10-2-4-11(5-3-10)8-15-16(22)21-17(23-15)20-14-7-6-12(18)9-13(14)19/h2-9H,1H3,(H,20,21,22). The van der Waals surface area contributed by atoms with Gasteiger partial charge in [0.2, 0.25) is 0 Å². The van der Waals surface area contributed by atoms with E-state index in [2.05, 4.69) is 10.3 Å². The summed E-state index contributed by atoms with van der Waals surface area (Å²) >= 11 is 13.2. The Balaban J connectivity index is 1.84. The van der Waals surface area contributed by atoms with Crippen molar-refractivity contribution in [3.05, 3.63) is 68.5 Å². The van der Waals surface area contributed by atoms with Crippen molar-refractivity contribution < 1.29 is 4.79 Å². The molecule has 0 atom stereocenters. The van der Waals surface area contributed by atoms with Crippen LogP contribution in [0.2, 0.25) is 10.0 Å². The minimum Gasteiger partial charge on any atom is -0.300 e. The van der Waals surface area contributed by atoms with Crippen LogP contribution in [-0.4, -0.2) is 11.1 Å². The summed E-state index contributed by atoms with van der Waals surface area (Å²) in [5, 5.41) is 4.22. The van der Waals surface area contributed by atoms with Gasteiger partial charge in [0.15, 0.2) is 5.17 Å². The van der Waals surface area contributed by atoms with Gasteiger partial charge in [-0.1, -0.05) is 53.0 Å². The molecule has 0 spiro atoms. The predicted molar refractivity (Wildman–Crippen MR) is 98.4 cm³/mol. The summed E-state index contributed by atoms with van der Waals surface area (Å²) in [5.74, 6) is -0.167. The summed E-state index contributed by atoms with van der Waals surface area (Å²) in [6.07, 6.45) is 1.84. The molecule has 0 aliphatic carbocycles. The third-order valence-electron chi connectivity index (χ3n) is 3.16. The normalized spacial score (nSPS) is 17.8. The highest BCUT2D eigenvalue weighted by Crippen LogP contribution is 2.32. The molecule has 0 aromatic heterocycles. The average molecular weight is 363 g/mol. The van der Waals surface area contributed by atoms with E-state index < -0.39 is 0 Å². The highest BCUT2D eigenvalue weighted by molar-refractivity contribution is 8.18. The fourth-order valence-corrected chi connectivity index (χ4v) is 3.26. The Bertz CT molecular complexity index is 829. The third kappa shape index (κ3) is 3.96. The van der Waals surface area contributed by atoms with Gasteiger partial charge >= 0.3 is 0 Å². The van der Waals surface area contributed by atoms with Gasteiger partial charge in [-0.25, -0.2) is 4.99 Å². The molecule has 0 bridgehead atoms. The van der Waals surface area contributed by atoms with Gasteiger partial charge in [0.1, 0.15) is 0 Å². The van der Waals surface area contributed by atoms with Crippen LogP contribution in [0.25, 0.3) is 6.08 Å². The summed E-state index contributed by atoms with van der Waals surface area (Å²) in [5.41, 5.74) is 2.71. The molecule has 6 heteroatoms. The molecule has 2 aromatic rings. The minimum absolute atomic E-state index is 0.167. The molecule has 0 unspecified atom stereocenters. The van der Waals surface area contributed by atoms with Crippen LogP contribution in [0.1, 0.15) is 11.1 Å². The van der Waals surface area contributed by atoms with Crippen LogP contribution in [0.3, 0.4) is 0 Å². The van der Waals surface area contributed by atoms with Gasteiger partial charge in [-0.2, -0.15) is 0 Å². The van der Waals surface area contributed by atoms with Gasteiger partial charge in [0.05, 0.1) is 15.6 Å². The van der Waals surface area contributed by atoms with Crippen LogP contribution in [0.5, 0.6) is 0 Å². The number of carbonyl (C=O) groups is 1. The van der Waals surface area contributed by atoms with Crippen LogP contribution in [-0.2, 0) is 4.79 Å². The molecule has 0 radical (unpaired) electrons. The fourth-order valence-electron chi connectivity index (χ4n) is 1.98. The lowest BCUT2D eigenvalue weighted by Crippen LogP contribution is -2.19. The van der Waals surface area contributed by atoms with Crippen LogP contribution in [0.15, 0.2) is 52.4 Å². The highest BCUT2D eigenvalue weighted by atomic mass is 35.5. The lowest BCUT2D eigenvalue weighted by molar-refractivity contribution is -0.115. The molecule has 1 heterocycles. The Labute approximate surface area is 148 Å². The number of amidine groups is 1. The topological polar surface area (TPSA) is 41.5 Å². The number of carbonyl (C=O) groups excluding carboxylic acids is 1. The van der Waals surface area contributed by atoms with Gasteiger partial charge in [-0.05, 0) is 48.5 Å². The molecule has 1 aliphatic heterocycles. The zero-order chi connectivity index (χ0) is 16.4. The zero-order valence-corrected chi connectivity index (χ0v) is 14.5. The average Bonchev–Trinajstić information content (AvgIpc) is 2.84. The maximum absolute atomic E-state index is 12.1. The van der Waals surface area contributed by atoms with Crippen LogP contribution < -0.4 is 5.32 Å². The molecule has 1 amide bonds. The zero-order valence-electron chi connectivity index (χ0n) is 12.1. The number of rotatable bonds is 2. The van der Waals surface area contributed by atoms with Crippen LogP contribution in [0.4, 0.5) is 5.69 Å². The largest absolute Gasteiger partial charge is 0.300 e. The number of nitrogens with one attached hydrogen (secondary N) is 1. The molecule has 23 heavy (non-hydrogen) atoms. The maximum atomic E-state index is 12.1. The Kier molecular flexibility index (Phi) is 4.76. The number of aliphatic imine (C=N–C) groups is 1. The number of thioether (sulfide) groups is 1. The van der Waals surface area contributed by atoms with Crippen molar-refractivity contribution in [2.75, 3.05) is 0 Å². The van der Waals surface area contributed by atoms with E-state index in [9.17, 15) is 4.79 Å². The quantitative estimate of drug-likeness (QED) is 0.746. The number of benzene rings is 2. The first kappa shape index (κ1) is 16.1. The lowest BCUT2D eigenvalue weighted by Gasteiger charge is -2.00. The Morgan fingerprint density at radius 2 is 1.87 bits per heavy atom. The van der Waals surface area contributed by atoms with Crippen LogP contribution in [0, 0.1) is 6.92 Å². The second-order valence-electron chi connectivity index (χ2n) is 4.99. The SMILES string of the molecule is Cc1ccc(C=C2SC(=Nc3ccc(Cl)cc3Cl)NC2=O)cc1. The monoisotopic (exact) mass is 362 g/mol. The van der Waals surface area contributed by atoms with E-state index >= 15 is 0 Å². The van der Waals surface area contributed by atoms with E-state index in [1.807, 2.05) is 37.3 Å². The van der Waals surface area contributed by atoms with Crippen molar-refractivity contribution >= 4 is 57.8 Å². The van der Waals surface area contributed by atoms with Gasteiger partial charge in [-0.15, -0.1) is 0 Å². The number of amides is 1. The molecule has 1 aliphatic rings. The highest BCUT2D eigenvalue weighted by Gasteiger charge is 2.24. The lowest BCUT2D eigenvalue weighted by atomic mass is 10.1. The Morgan fingerprint density at radius 1 is 1.13 bits per heavy atom. The molecule has 1 N–H and O–H groups in total. The van der Waals surface area contributed by atoms with E-state index in [-0.39, 0.29) is 5.91 Å². The summed E-state index contributed by atoms with van der Waals surface area (Å²) in [7, 11) is 0. The molecule has 116 valence electrons. The molecule has 3 nitrogen and oxygen atoms in total. The van der Waals surface area contributed by atoms with Crippen molar-refractivity contribution in [3.63, 3.8) is 0 Å². The molecule has 1 fully saturated rings. The Morgan fingerprint density at radius 3 is 2.57 bits per heavy atom. The summed E-state index contributed by atoms with van der Waals surface area (Å²) in [6.45, 7) is 2.02. The Hall–Kier alpha value is -1.75. The first-order chi connectivity index (χ1) is 11.0. The molecular weight excluding hydrogens is 351 g/mol. The van der Waals surface area contributed by atoms with Crippen molar-refractivity contribution in [3.8, 4) is 0 Å². The van der Waals surface area contributed by atoms with Crippen LogP contribution >= 0.6 is 35.0 Å². The third-order valence-corrected chi connectivity index (χ3v) is 4.61. The summed E-state index contributed by atoms with van der Waals surface area (Å²) in [6, 6.07) is 13.0. The number of halogens is 2. The van der Waals surface area contributed by atoms with E-state index in [0.717, 1.165) is 5.56 Å². The first-order valence-corrected chi connectivity index (χ1v) is 8.40. The van der Waals surface area contributed by atoms with Crippen molar-refractivity contribution in [1.82, 2.24) is 5.32 Å². The first-order valence-electron chi connectivity index (χ1n) is 6.82. The molecule has 2 aromatic carbocycles. The van der Waals surface area contributed by atoms with Crippen molar-refractivity contribution in [2.45, 2.75) is 6.92 Å². The van der Waals surface area contributed by atoms with E-state index in [4.69, 9.17) is 23.2 Å². The van der Waals surface area contributed by atoms with Gasteiger partial charge in [-0.3, -0.25) is 4.79 Å². The van der Waals surface area contributed by atoms with E-state index in [1.54, 1.807) is 18.2 Å². The van der Waals surface area contributed by atoms with Crippen molar-refractivity contribution in [2.24, 2.45) is 4.99 Å². The number of aryl methyl sites for hydroxylation is 1. The van der Waals surface area contributed by atoms with Gasteiger partial charge < -0.3 is 5.32 Å². The molecular formula is C17H12Cl2N2OS. The van der Waals surface area contributed by atoms with Gasteiger partial charge in [0, 0.05) is 5.02 Å². The number of hydrogen-bond donors (Lipinski definition) is 1.